The summed E-state index contributed by atoms with van der Waals surface area (Å²) in [6.45, 7) is 5.91. The van der Waals surface area contributed by atoms with Gasteiger partial charge in [0.05, 0.1) is 30.2 Å². The highest BCUT2D eigenvalue weighted by Crippen LogP contribution is 2.21. The minimum atomic E-state index is 0.580. The summed E-state index contributed by atoms with van der Waals surface area (Å²) in [6, 6.07) is 21.6. The zero-order valence-corrected chi connectivity index (χ0v) is 21.9. The van der Waals surface area contributed by atoms with Crippen LogP contribution in [-0.2, 0) is 19.5 Å². The Kier molecular flexibility index (Phi) is 8.32. The van der Waals surface area contributed by atoms with Gasteiger partial charge in [-0.25, -0.2) is 4.98 Å². The van der Waals surface area contributed by atoms with Crippen LogP contribution in [0.15, 0.2) is 73.2 Å². The summed E-state index contributed by atoms with van der Waals surface area (Å²) in [5.41, 5.74) is 6.66. The lowest BCUT2D eigenvalue weighted by molar-refractivity contribution is 0.413. The predicted octanol–water partition coefficient (Wildman–Crippen LogP) is 5.91. The highest BCUT2D eigenvalue weighted by atomic mass is 35.5. The van der Waals surface area contributed by atoms with Gasteiger partial charge in [-0.2, -0.15) is 5.26 Å². The summed E-state index contributed by atoms with van der Waals surface area (Å²) >= 11 is 12.1. The predicted molar refractivity (Wildman–Crippen MR) is 148 cm³/mol. The zero-order valence-electron chi connectivity index (χ0n) is 20.3. The van der Waals surface area contributed by atoms with Crippen LogP contribution in [0.5, 0.6) is 0 Å². The lowest BCUT2D eigenvalue weighted by atomic mass is 10.1. The van der Waals surface area contributed by atoms with Gasteiger partial charge in [0.25, 0.3) is 0 Å². The van der Waals surface area contributed by atoms with Crippen LogP contribution in [0.2, 0.25) is 5.02 Å². The van der Waals surface area contributed by atoms with E-state index in [1.54, 1.807) is 0 Å². The summed E-state index contributed by atoms with van der Waals surface area (Å²) in [4.78, 5) is 11.2. The van der Waals surface area contributed by atoms with Gasteiger partial charge in [-0.1, -0.05) is 35.9 Å². The smallest absolute Gasteiger partial charge is 0.173 e. The lowest BCUT2D eigenvalue weighted by Crippen LogP contribution is -2.36. The monoisotopic (exact) mass is 514 g/mol. The molecule has 36 heavy (non-hydrogen) atoms. The molecule has 4 rings (SSSR count). The SMILES string of the molecule is Cc1cccc(CN(CCc2cncn2Cc2ccc(C#N)cc2)C(=S)Nc2ccc(C)c(Cl)c2)n1. The summed E-state index contributed by atoms with van der Waals surface area (Å²) in [5, 5.41) is 13.7. The third-order valence-corrected chi connectivity index (χ3v) is 6.65. The summed E-state index contributed by atoms with van der Waals surface area (Å²) < 4.78 is 2.13. The molecule has 0 bridgehead atoms. The van der Waals surface area contributed by atoms with Gasteiger partial charge in [-0.3, -0.25) is 4.98 Å². The van der Waals surface area contributed by atoms with Crippen molar-refractivity contribution in [2.24, 2.45) is 0 Å². The molecule has 0 saturated carbocycles. The number of thiocarbonyl (C=S) groups is 1. The molecule has 0 saturated heterocycles. The van der Waals surface area contributed by atoms with Crippen molar-refractivity contribution in [1.29, 1.82) is 5.26 Å². The van der Waals surface area contributed by atoms with E-state index in [-0.39, 0.29) is 0 Å². The molecule has 1 N–H and O–H groups in total. The maximum absolute atomic E-state index is 9.04. The molecule has 0 amide bonds. The van der Waals surface area contributed by atoms with Gasteiger partial charge in [0.1, 0.15) is 0 Å². The normalized spacial score (nSPS) is 10.6. The van der Waals surface area contributed by atoms with Crippen LogP contribution >= 0.6 is 23.8 Å². The maximum atomic E-state index is 9.04. The fraction of sp³-hybridized carbons (Fsp3) is 0.214. The molecule has 0 aliphatic rings. The molecule has 0 atom stereocenters. The maximum Gasteiger partial charge on any atom is 0.173 e. The molecule has 182 valence electrons. The van der Waals surface area contributed by atoms with Gasteiger partial charge in [-0.15, -0.1) is 0 Å². The summed E-state index contributed by atoms with van der Waals surface area (Å²) in [6.07, 6.45) is 4.48. The van der Waals surface area contributed by atoms with Crippen LogP contribution in [-0.4, -0.2) is 31.1 Å². The number of imidazole rings is 1. The van der Waals surface area contributed by atoms with Crippen molar-refractivity contribution in [3.05, 3.63) is 112 Å². The van der Waals surface area contributed by atoms with E-state index in [1.165, 1.54) is 0 Å². The number of benzene rings is 2. The van der Waals surface area contributed by atoms with Crippen molar-refractivity contribution in [2.75, 3.05) is 11.9 Å². The third-order valence-electron chi connectivity index (χ3n) is 5.88. The second kappa shape index (κ2) is 11.8. The number of rotatable bonds is 8. The molecule has 0 aliphatic carbocycles. The molecular weight excluding hydrogens is 488 g/mol. The molecule has 2 aromatic heterocycles. The van der Waals surface area contributed by atoms with Crippen molar-refractivity contribution in [2.45, 2.75) is 33.4 Å². The van der Waals surface area contributed by atoms with Gasteiger partial charge in [0.2, 0.25) is 0 Å². The van der Waals surface area contributed by atoms with E-state index in [2.05, 4.69) is 30.8 Å². The van der Waals surface area contributed by atoms with E-state index in [9.17, 15) is 0 Å². The largest absolute Gasteiger partial charge is 0.343 e. The number of halogens is 1. The van der Waals surface area contributed by atoms with Crippen LogP contribution in [0.25, 0.3) is 0 Å². The van der Waals surface area contributed by atoms with Gasteiger partial charge in [0.15, 0.2) is 5.11 Å². The number of aromatic nitrogens is 3. The molecule has 6 nitrogen and oxygen atoms in total. The van der Waals surface area contributed by atoms with Crippen LogP contribution in [0.3, 0.4) is 0 Å². The number of pyridine rings is 1. The van der Waals surface area contributed by atoms with Crippen LogP contribution in [0.4, 0.5) is 5.69 Å². The molecular formula is C28H27ClN6S. The second-order valence-electron chi connectivity index (χ2n) is 8.66. The minimum absolute atomic E-state index is 0.580. The topological polar surface area (TPSA) is 69.8 Å². The quantitative estimate of drug-likeness (QED) is 0.295. The molecule has 0 fully saturated rings. The van der Waals surface area contributed by atoms with Crippen LogP contribution in [0, 0.1) is 25.2 Å². The van der Waals surface area contributed by atoms with E-state index in [0.29, 0.717) is 35.3 Å². The molecule has 0 spiro atoms. The van der Waals surface area contributed by atoms with Gasteiger partial charge in [-0.05, 0) is 73.6 Å². The number of aryl methyl sites for hydroxylation is 2. The first-order chi connectivity index (χ1) is 17.4. The molecule has 2 heterocycles. The van der Waals surface area contributed by atoms with Gasteiger partial charge < -0.3 is 14.8 Å². The lowest BCUT2D eigenvalue weighted by Gasteiger charge is -2.26. The van der Waals surface area contributed by atoms with E-state index in [1.807, 2.05) is 87.0 Å². The van der Waals surface area contributed by atoms with Crippen molar-refractivity contribution >= 4 is 34.6 Å². The van der Waals surface area contributed by atoms with E-state index in [0.717, 1.165) is 40.3 Å². The molecule has 8 heteroatoms. The molecule has 0 aliphatic heterocycles. The van der Waals surface area contributed by atoms with Crippen molar-refractivity contribution in [3.8, 4) is 6.07 Å². The Balaban J connectivity index is 1.49. The number of anilines is 1. The Bertz CT molecular complexity index is 1390. The Hall–Kier alpha value is -3.73. The standard InChI is InChI=1S/C28H27ClN6S/c1-20-6-11-24(14-27(20)29)33-28(36)34(18-25-5-3-4-21(2)32-25)13-12-26-16-31-19-35(26)17-23-9-7-22(15-30)8-10-23/h3-11,14,16,19H,12-13,17-18H2,1-2H3,(H,33,36). The fourth-order valence-electron chi connectivity index (χ4n) is 3.84. The van der Waals surface area contributed by atoms with Crippen molar-refractivity contribution < 1.29 is 0 Å². The number of nitrogens with one attached hydrogen (secondary N) is 1. The Morgan fingerprint density at radius 1 is 1.14 bits per heavy atom. The number of nitrogens with zero attached hydrogens (tertiary/aromatic N) is 5. The average Bonchev–Trinajstić information content (AvgIpc) is 3.31. The van der Waals surface area contributed by atoms with E-state index in [4.69, 9.17) is 29.1 Å². The first-order valence-corrected chi connectivity index (χ1v) is 12.4. The average molecular weight is 515 g/mol. The minimum Gasteiger partial charge on any atom is -0.343 e. The van der Waals surface area contributed by atoms with Crippen molar-refractivity contribution in [1.82, 2.24) is 19.4 Å². The first-order valence-electron chi connectivity index (χ1n) is 11.6. The van der Waals surface area contributed by atoms with Gasteiger partial charge in [0, 0.05) is 47.8 Å². The molecule has 4 aromatic rings. The fourth-order valence-corrected chi connectivity index (χ4v) is 4.29. The highest BCUT2D eigenvalue weighted by Gasteiger charge is 2.14. The Morgan fingerprint density at radius 2 is 1.94 bits per heavy atom. The second-order valence-corrected chi connectivity index (χ2v) is 9.45. The summed E-state index contributed by atoms with van der Waals surface area (Å²) in [7, 11) is 0. The molecule has 0 radical (unpaired) electrons. The Labute approximate surface area is 222 Å². The van der Waals surface area contributed by atoms with Crippen LogP contribution < -0.4 is 5.32 Å². The first kappa shape index (κ1) is 25.4. The van der Waals surface area contributed by atoms with Crippen molar-refractivity contribution in [3.63, 3.8) is 0 Å². The summed E-state index contributed by atoms with van der Waals surface area (Å²) in [5.74, 6) is 0. The molecule has 2 aromatic carbocycles. The van der Waals surface area contributed by atoms with E-state index >= 15 is 0 Å². The zero-order chi connectivity index (χ0) is 25.5. The van der Waals surface area contributed by atoms with E-state index < -0.39 is 0 Å². The number of nitriles is 1. The Morgan fingerprint density at radius 3 is 2.67 bits per heavy atom. The molecule has 0 unspecified atom stereocenters. The highest BCUT2D eigenvalue weighted by molar-refractivity contribution is 7.80. The number of hydrogen-bond acceptors (Lipinski definition) is 4. The third kappa shape index (κ3) is 6.69. The van der Waals surface area contributed by atoms with Gasteiger partial charge >= 0.3 is 0 Å². The van der Waals surface area contributed by atoms with Crippen LogP contribution in [0.1, 0.15) is 33.8 Å². The number of hydrogen-bond donors (Lipinski definition) is 1.